The summed E-state index contributed by atoms with van der Waals surface area (Å²) in [5.41, 5.74) is 0.00469. The third-order valence-electron chi connectivity index (χ3n) is 2.33. The molecule has 0 fully saturated rings. The van der Waals surface area contributed by atoms with Gasteiger partial charge in [0.05, 0.1) is 6.54 Å². The molecular formula is C12H18N2O4S. The summed E-state index contributed by atoms with van der Waals surface area (Å²) in [7, 11) is 0. The van der Waals surface area contributed by atoms with Gasteiger partial charge in [0.25, 0.3) is 0 Å². The lowest BCUT2D eigenvalue weighted by Gasteiger charge is -2.04. The van der Waals surface area contributed by atoms with Gasteiger partial charge in [0.1, 0.15) is 11.6 Å². The molecule has 0 radical (unpaired) electrons. The first-order valence-corrected chi connectivity index (χ1v) is 7.03. The third kappa shape index (κ3) is 6.30. The van der Waals surface area contributed by atoms with Gasteiger partial charge in [0.15, 0.2) is 5.69 Å². The second-order valence-corrected chi connectivity index (χ2v) is 4.91. The van der Waals surface area contributed by atoms with Gasteiger partial charge in [-0.3, -0.25) is 4.79 Å². The van der Waals surface area contributed by atoms with Crippen molar-refractivity contribution < 1.29 is 19.4 Å². The molecule has 0 saturated carbocycles. The number of rotatable bonds is 9. The quantitative estimate of drug-likeness (QED) is 0.674. The number of aromatic carboxylic acids is 1. The Hall–Kier alpha value is -1.47. The molecule has 1 amide bonds. The van der Waals surface area contributed by atoms with E-state index in [0.29, 0.717) is 11.6 Å². The number of hydrogen-bond acceptors (Lipinski definition) is 5. The van der Waals surface area contributed by atoms with Crippen molar-refractivity contribution in [2.75, 3.05) is 13.2 Å². The minimum absolute atomic E-state index is 0.00469. The van der Waals surface area contributed by atoms with Crippen molar-refractivity contribution in [2.24, 2.45) is 0 Å². The monoisotopic (exact) mass is 286 g/mol. The van der Waals surface area contributed by atoms with Gasteiger partial charge in [0.2, 0.25) is 5.91 Å². The molecule has 0 unspecified atom stereocenters. The molecule has 1 rings (SSSR count). The van der Waals surface area contributed by atoms with Crippen LogP contribution >= 0.6 is 11.3 Å². The number of ether oxygens (including phenoxy) is 1. The predicted octanol–water partition coefficient (Wildman–Crippen LogP) is 1.66. The molecule has 0 saturated heterocycles. The Balaban J connectivity index is 2.17. The van der Waals surface area contributed by atoms with E-state index in [0.717, 1.165) is 19.3 Å². The summed E-state index contributed by atoms with van der Waals surface area (Å²) in [4.78, 5) is 25.9. The lowest BCUT2D eigenvalue weighted by Crippen LogP contribution is -2.27. The molecule has 19 heavy (non-hydrogen) atoms. The Labute approximate surface area is 115 Å². The van der Waals surface area contributed by atoms with Crippen LogP contribution in [0.2, 0.25) is 0 Å². The van der Waals surface area contributed by atoms with Gasteiger partial charge in [-0.05, 0) is 6.42 Å². The number of aromatic nitrogens is 1. The Morgan fingerprint density at radius 3 is 2.89 bits per heavy atom. The molecular weight excluding hydrogens is 268 g/mol. The first-order chi connectivity index (χ1) is 9.13. The normalized spacial score (nSPS) is 10.4. The van der Waals surface area contributed by atoms with Crippen LogP contribution in [0.15, 0.2) is 5.38 Å². The Kier molecular flexibility index (Phi) is 7.06. The fraction of sp³-hybridized carbons (Fsp3) is 0.583. The maximum atomic E-state index is 11.4. The molecule has 0 spiro atoms. The first-order valence-electron chi connectivity index (χ1n) is 6.15. The molecule has 7 heteroatoms. The van der Waals surface area contributed by atoms with E-state index in [1.807, 2.05) is 0 Å². The summed E-state index contributed by atoms with van der Waals surface area (Å²) >= 11 is 1.21. The number of carboxylic acid groups (broad SMARTS) is 1. The summed E-state index contributed by atoms with van der Waals surface area (Å²) in [5.74, 6) is -1.28. The lowest BCUT2D eigenvalue weighted by molar-refractivity contribution is -0.125. The van der Waals surface area contributed by atoms with E-state index >= 15 is 0 Å². The summed E-state index contributed by atoms with van der Waals surface area (Å²) in [6, 6.07) is 0. The fourth-order valence-corrected chi connectivity index (χ4v) is 2.04. The Morgan fingerprint density at radius 2 is 2.26 bits per heavy atom. The van der Waals surface area contributed by atoms with Crippen LogP contribution in [0.4, 0.5) is 0 Å². The largest absolute Gasteiger partial charge is 0.476 e. The fourth-order valence-electron chi connectivity index (χ4n) is 1.33. The van der Waals surface area contributed by atoms with Gasteiger partial charge in [-0.1, -0.05) is 19.8 Å². The minimum atomic E-state index is -1.06. The van der Waals surface area contributed by atoms with Gasteiger partial charge in [-0.2, -0.15) is 0 Å². The average Bonchev–Trinajstić information content (AvgIpc) is 2.85. The molecule has 6 nitrogen and oxygen atoms in total. The summed E-state index contributed by atoms with van der Waals surface area (Å²) in [6.45, 7) is 2.95. The van der Waals surface area contributed by atoms with Crippen molar-refractivity contribution in [1.29, 1.82) is 0 Å². The average molecular weight is 286 g/mol. The number of carbonyl (C=O) groups excluding carboxylic acids is 1. The minimum Gasteiger partial charge on any atom is -0.476 e. The molecule has 0 bridgehead atoms. The van der Waals surface area contributed by atoms with E-state index in [4.69, 9.17) is 9.84 Å². The van der Waals surface area contributed by atoms with Gasteiger partial charge in [0, 0.05) is 12.0 Å². The molecule has 1 heterocycles. The van der Waals surface area contributed by atoms with Crippen LogP contribution in [-0.4, -0.2) is 35.2 Å². The van der Waals surface area contributed by atoms with E-state index < -0.39 is 5.97 Å². The Bertz CT molecular complexity index is 420. The molecule has 0 aliphatic carbocycles. The van der Waals surface area contributed by atoms with Crippen LogP contribution in [0.1, 0.15) is 41.7 Å². The van der Waals surface area contributed by atoms with Crippen molar-refractivity contribution >= 4 is 23.2 Å². The van der Waals surface area contributed by atoms with Crippen LogP contribution in [-0.2, 0) is 16.1 Å². The zero-order chi connectivity index (χ0) is 14.1. The van der Waals surface area contributed by atoms with Crippen molar-refractivity contribution in [1.82, 2.24) is 10.3 Å². The molecule has 106 valence electrons. The van der Waals surface area contributed by atoms with Gasteiger partial charge >= 0.3 is 5.97 Å². The zero-order valence-corrected chi connectivity index (χ0v) is 11.7. The maximum absolute atomic E-state index is 11.4. The molecule has 0 atom stereocenters. The van der Waals surface area contributed by atoms with Crippen molar-refractivity contribution in [2.45, 2.75) is 32.7 Å². The third-order valence-corrected chi connectivity index (χ3v) is 3.18. The maximum Gasteiger partial charge on any atom is 0.355 e. The number of carbonyl (C=O) groups is 2. The number of hydrogen-bond donors (Lipinski definition) is 2. The summed E-state index contributed by atoms with van der Waals surface area (Å²) in [6.07, 6.45) is 3.17. The van der Waals surface area contributed by atoms with Crippen LogP contribution < -0.4 is 5.32 Å². The standard InChI is InChI=1S/C12H18N2O4S/c1-2-3-4-5-18-7-10(15)13-6-11-14-9(8-19-11)12(16)17/h8H,2-7H2,1H3,(H,13,15)(H,16,17). The number of carboxylic acids is 1. The predicted molar refractivity (Wildman–Crippen MR) is 71.3 cm³/mol. The van der Waals surface area contributed by atoms with Crippen LogP contribution in [0, 0.1) is 0 Å². The van der Waals surface area contributed by atoms with Crippen molar-refractivity contribution in [3.05, 3.63) is 16.1 Å². The summed E-state index contributed by atoms with van der Waals surface area (Å²) in [5, 5.41) is 13.3. The molecule has 2 N–H and O–H groups in total. The molecule has 0 aliphatic heterocycles. The van der Waals surface area contributed by atoms with E-state index in [-0.39, 0.29) is 24.8 Å². The van der Waals surface area contributed by atoms with Crippen LogP contribution in [0.5, 0.6) is 0 Å². The SMILES string of the molecule is CCCCCOCC(=O)NCc1nc(C(=O)O)cs1. The number of nitrogens with zero attached hydrogens (tertiary/aromatic N) is 1. The molecule has 0 aliphatic rings. The van der Waals surface area contributed by atoms with Crippen LogP contribution in [0.3, 0.4) is 0 Å². The Morgan fingerprint density at radius 1 is 1.47 bits per heavy atom. The number of nitrogens with one attached hydrogen (secondary N) is 1. The highest BCUT2D eigenvalue weighted by Crippen LogP contribution is 2.09. The second kappa shape index (κ2) is 8.60. The number of amides is 1. The molecule has 1 aromatic rings. The van der Waals surface area contributed by atoms with E-state index in [1.165, 1.54) is 16.7 Å². The summed E-state index contributed by atoms with van der Waals surface area (Å²) < 4.78 is 5.21. The zero-order valence-electron chi connectivity index (χ0n) is 10.8. The van der Waals surface area contributed by atoms with E-state index in [9.17, 15) is 9.59 Å². The molecule has 0 aromatic carbocycles. The molecule has 1 aromatic heterocycles. The second-order valence-electron chi connectivity index (χ2n) is 3.97. The van der Waals surface area contributed by atoms with Crippen molar-refractivity contribution in [3.63, 3.8) is 0 Å². The van der Waals surface area contributed by atoms with Gasteiger partial charge < -0.3 is 15.2 Å². The smallest absolute Gasteiger partial charge is 0.355 e. The van der Waals surface area contributed by atoms with Gasteiger partial charge in [-0.25, -0.2) is 9.78 Å². The highest BCUT2D eigenvalue weighted by atomic mass is 32.1. The van der Waals surface area contributed by atoms with E-state index in [1.54, 1.807) is 0 Å². The highest BCUT2D eigenvalue weighted by molar-refractivity contribution is 7.09. The van der Waals surface area contributed by atoms with Gasteiger partial charge in [-0.15, -0.1) is 11.3 Å². The topological polar surface area (TPSA) is 88.5 Å². The first kappa shape index (κ1) is 15.6. The lowest BCUT2D eigenvalue weighted by atomic mass is 10.3. The number of unbranched alkanes of at least 4 members (excludes halogenated alkanes) is 2. The van der Waals surface area contributed by atoms with Crippen LogP contribution in [0.25, 0.3) is 0 Å². The number of thiazole rings is 1. The highest BCUT2D eigenvalue weighted by Gasteiger charge is 2.09. The van der Waals surface area contributed by atoms with E-state index in [2.05, 4.69) is 17.2 Å². The van der Waals surface area contributed by atoms with Crippen molar-refractivity contribution in [3.8, 4) is 0 Å².